The van der Waals surface area contributed by atoms with Gasteiger partial charge in [-0.25, -0.2) is 0 Å². The smallest absolute Gasteiger partial charge is 0.305 e. The van der Waals surface area contributed by atoms with Crippen LogP contribution in [0.25, 0.3) is 0 Å². The molecule has 0 heterocycles. The molecule has 0 fully saturated rings. The molecule has 0 aliphatic rings. The largest absolute Gasteiger partial charge is 0.481 e. The summed E-state index contributed by atoms with van der Waals surface area (Å²) < 4.78 is 0. The second-order valence-electron chi connectivity index (χ2n) is 2.73. The Morgan fingerprint density at radius 3 is 1.89 bits per heavy atom. The Morgan fingerprint density at radius 1 is 1.06 bits per heavy atom. The van der Waals surface area contributed by atoms with Crippen molar-refractivity contribution in [1.29, 1.82) is 0 Å². The first-order valence-corrected chi connectivity index (χ1v) is 6.04. The van der Waals surface area contributed by atoms with E-state index in [0.29, 0.717) is 0 Å². The molecule has 1 rings (SSSR count). The first kappa shape index (κ1) is 18.5. The maximum Gasteiger partial charge on any atom is 0.305 e. The molecular formula is C12H22N2O4. The van der Waals surface area contributed by atoms with E-state index in [4.69, 9.17) is 5.11 Å². The average Bonchev–Trinajstić information content (AvgIpc) is 2.41. The monoisotopic (exact) mass is 258 g/mol. The van der Waals surface area contributed by atoms with Crippen molar-refractivity contribution in [3.05, 3.63) is 20.4 Å². The number of carbonyl (C=O) groups is 1. The number of hydrogen-bond donors (Lipinski definition) is 3. The Labute approximate surface area is 107 Å². The van der Waals surface area contributed by atoms with Gasteiger partial charge in [-0.05, 0) is 0 Å². The first-order chi connectivity index (χ1) is 8.57. The number of nitrogens with one attached hydrogen (secondary N) is 2. The summed E-state index contributed by atoms with van der Waals surface area (Å²) in [6.45, 7) is 8.13. The molecule has 1 aromatic carbocycles. The highest BCUT2D eigenvalue weighted by atomic mass is 16.4. The summed E-state index contributed by atoms with van der Waals surface area (Å²) in [5.41, 5.74) is -0.760. The quantitative estimate of drug-likeness (QED) is 0.688. The van der Waals surface area contributed by atoms with Crippen molar-refractivity contribution < 1.29 is 9.90 Å². The van der Waals surface area contributed by atoms with E-state index in [1.54, 1.807) is 0 Å². The normalized spacial score (nSPS) is 8.50. The highest BCUT2D eigenvalue weighted by Gasteiger charge is 2.18. The molecule has 6 heteroatoms. The molecule has 6 nitrogen and oxygen atoms in total. The molecule has 0 amide bonds. The van der Waals surface area contributed by atoms with Gasteiger partial charge in [-0.15, -0.1) is 0 Å². The second kappa shape index (κ2) is 10.3. The third-order valence-corrected chi connectivity index (χ3v) is 1.80. The highest BCUT2D eigenvalue weighted by molar-refractivity contribution is 5.74. The fourth-order valence-corrected chi connectivity index (χ4v) is 1.09. The van der Waals surface area contributed by atoms with Gasteiger partial charge in [0.25, 0.3) is 10.9 Å². The standard InChI is InChI=1S/C8H10N2O4.2C2H6/c1-9-5-6(8(14)7(5)13)10-3-2-4(11)12;2*1-2/h9-10H,2-3H2,1H3,(H,11,12);2*1-2H3. The lowest BCUT2D eigenvalue weighted by Crippen LogP contribution is -2.37. The van der Waals surface area contributed by atoms with Gasteiger partial charge in [-0.1, -0.05) is 27.7 Å². The molecule has 1 aromatic rings. The molecule has 104 valence electrons. The summed E-state index contributed by atoms with van der Waals surface area (Å²) in [5, 5.41) is 13.5. The number of carboxylic acids is 1. The van der Waals surface area contributed by atoms with Crippen molar-refractivity contribution >= 4 is 17.3 Å². The van der Waals surface area contributed by atoms with Gasteiger partial charge in [-0.2, -0.15) is 0 Å². The summed E-state index contributed by atoms with van der Waals surface area (Å²) in [4.78, 5) is 32.0. The van der Waals surface area contributed by atoms with Gasteiger partial charge in [0, 0.05) is 13.6 Å². The maximum atomic E-state index is 10.9. The van der Waals surface area contributed by atoms with Crippen molar-refractivity contribution in [2.45, 2.75) is 34.1 Å². The molecular weight excluding hydrogens is 236 g/mol. The zero-order valence-electron chi connectivity index (χ0n) is 11.6. The van der Waals surface area contributed by atoms with E-state index in [1.165, 1.54) is 7.05 Å². The van der Waals surface area contributed by atoms with Crippen molar-refractivity contribution in [3.63, 3.8) is 0 Å². The molecule has 0 atom stereocenters. The summed E-state index contributed by atoms with van der Waals surface area (Å²) in [6.07, 6.45) is -0.0953. The molecule has 18 heavy (non-hydrogen) atoms. The van der Waals surface area contributed by atoms with E-state index < -0.39 is 16.8 Å². The Balaban J connectivity index is 0. The molecule has 0 bridgehead atoms. The lowest BCUT2D eigenvalue weighted by molar-refractivity contribution is -0.136. The number of aliphatic carboxylic acids is 1. The number of carboxylic acid groups (broad SMARTS) is 1. The van der Waals surface area contributed by atoms with Gasteiger partial charge in [0.15, 0.2) is 0 Å². The van der Waals surface area contributed by atoms with Crippen LogP contribution in [0, 0.1) is 0 Å². The van der Waals surface area contributed by atoms with Crippen LogP contribution in [0.2, 0.25) is 0 Å². The number of anilines is 2. The fourth-order valence-electron chi connectivity index (χ4n) is 1.09. The first-order valence-electron chi connectivity index (χ1n) is 6.04. The molecule has 0 aromatic heterocycles. The fraction of sp³-hybridized carbons (Fsp3) is 0.583. The van der Waals surface area contributed by atoms with Crippen LogP contribution in [0.4, 0.5) is 11.4 Å². The maximum absolute atomic E-state index is 10.9. The van der Waals surface area contributed by atoms with Crippen LogP contribution in [-0.4, -0.2) is 24.7 Å². The minimum Gasteiger partial charge on any atom is -0.481 e. The third-order valence-electron chi connectivity index (χ3n) is 1.80. The van der Waals surface area contributed by atoms with Crippen LogP contribution < -0.4 is 21.5 Å². The summed E-state index contributed by atoms with van der Waals surface area (Å²) in [6, 6.07) is 0. The molecule has 3 N–H and O–H groups in total. The van der Waals surface area contributed by atoms with E-state index in [1.807, 2.05) is 27.7 Å². The zero-order valence-corrected chi connectivity index (χ0v) is 11.6. The minimum atomic E-state index is -0.956. The van der Waals surface area contributed by atoms with E-state index in [2.05, 4.69) is 10.6 Å². The highest BCUT2D eigenvalue weighted by Crippen LogP contribution is 2.12. The Bertz CT molecular complexity index is 420. The number of rotatable bonds is 5. The molecule has 0 radical (unpaired) electrons. The van der Waals surface area contributed by atoms with Gasteiger partial charge >= 0.3 is 5.97 Å². The summed E-state index contributed by atoms with van der Waals surface area (Å²) >= 11 is 0. The van der Waals surface area contributed by atoms with Crippen molar-refractivity contribution in [2.24, 2.45) is 0 Å². The van der Waals surface area contributed by atoms with Crippen LogP contribution in [0.5, 0.6) is 0 Å². The van der Waals surface area contributed by atoms with Crippen LogP contribution in [0.1, 0.15) is 34.1 Å². The summed E-state index contributed by atoms with van der Waals surface area (Å²) in [7, 11) is 1.53. The summed E-state index contributed by atoms with van der Waals surface area (Å²) in [5.74, 6) is -0.956. The van der Waals surface area contributed by atoms with Crippen LogP contribution >= 0.6 is 0 Å². The predicted molar refractivity (Wildman–Crippen MR) is 74.3 cm³/mol. The molecule has 0 unspecified atom stereocenters. The lowest BCUT2D eigenvalue weighted by Gasteiger charge is -2.11. The van der Waals surface area contributed by atoms with Crippen molar-refractivity contribution in [2.75, 3.05) is 24.2 Å². The van der Waals surface area contributed by atoms with Crippen LogP contribution in [0.15, 0.2) is 9.59 Å². The van der Waals surface area contributed by atoms with Gasteiger partial charge in [0.2, 0.25) is 0 Å². The van der Waals surface area contributed by atoms with Crippen LogP contribution in [-0.2, 0) is 4.79 Å². The predicted octanol–water partition coefficient (Wildman–Crippen LogP) is 1.26. The molecule has 0 saturated carbocycles. The van der Waals surface area contributed by atoms with Gasteiger partial charge < -0.3 is 15.7 Å². The van der Waals surface area contributed by atoms with Gasteiger partial charge in [-0.3, -0.25) is 14.4 Å². The third kappa shape index (κ3) is 4.99. The van der Waals surface area contributed by atoms with Gasteiger partial charge in [0.1, 0.15) is 11.4 Å². The van der Waals surface area contributed by atoms with Gasteiger partial charge in [0.05, 0.1) is 6.42 Å². The van der Waals surface area contributed by atoms with E-state index in [0.717, 1.165) is 0 Å². The zero-order chi connectivity index (χ0) is 14.7. The SMILES string of the molecule is CC.CC.CNc1c(NCCC(=O)O)c(=O)c1=O. The molecule has 0 saturated heterocycles. The Kier molecular flexibility index (Phi) is 10.6. The average molecular weight is 258 g/mol. The van der Waals surface area contributed by atoms with E-state index in [9.17, 15) is 14.4 Å². The van der Waals surface area contributed by atoms with Crippen LogP contribution in [0.3, 0.4) is 0 Å². The Morgan fingerprint density at radius 2 is 1.50 bits per heavy atom. The second-order valence-corrected chi connectivity index (χ2v) is 2.73. The van der Waals surface area contributed by atoms with E-state index >= 15 is 0 Å². The number of hydrogen-bond acceptors (Lipinski definition) is 5. The van der Waals surface area contributed by atoms with E-state index in [-0.39, 0.29) is 24.3 Å². The lowest BCUT2D eigenvalue weighted by atomic mass is 10.2. The minimum absolute atomic E-state index is 0.0953. The Hall–Kier alpha value is -1.85. The topological polar surface area (TPSA) is 95.5 Å². The molecule has 0 spiro atoms. The van der Waals surface area contributed by atoms with Crippen molar-refractivity contribution in [1.82, 2.24) is 0 Å². The molecule has 0 aliphatic carbocycles. The molecule has 0 aliphatic heterocycles. The van der Waals surface area contributed by atoms with Crippen molar-refractivity contribution in [3.8, 4) is 0 Å².